The molecule has 0 N–H and O–H groups in total. The minimum atomic E-state index is -1.75. The number of esters is 2. The first-order chi connectivity index (χ1) is 9.40. The fourth-order valence-corrected chi connectivity index (χ4v) is 1.89. The van der Waals surface area contributed by atoms with Gasteiger partial charge in [0.25, 0.3) is 10.7 Å². The molecule has 1 aliphatic rings. The van der Waals surface area contributed by atoms with Gasteiger partial charge < -0.3 is 9.47 Å². The van der Waals surface area contributed by atoms with Crippen molar-refractivity contribution in [2.45, 2.75) is 24.5 Å². The van der Waals surface area contributed by atoms with Crippen LogP contribution in [0.1, 0.15) is 18.4 Å². The normalized spacial score (nSPS) is 21.4. The first kappa shape index (κ1) is 14.3. The van der Waals surface area contributed by atoms with Crippen molar-refractivity contribution in [2.75, 3.05) is 0 Å². The summed E-state index contributed by atoms with van der Waals surface area (Å²) in [6.07, 6.45) is 0.128. The summed E-state index contributed by atoms with van der Waals surface area (Å²) in [4.78, 5) is 32.6. The van der Waals surface area contributed by atoms with Crippen molar-refractivity contribution in [1.82, 2.24) is 0 Å². The summed E-state index contributed by atoms with van der Waals surface area (Å²) in [5, 5.41) is 8.73. The summed E-state index contributed by atoms with van der Waals surface area (Å²) >= 11 is 5.84. The van der Waals surface area contributed by atoms with Crippen LogP contribution < -0.4 is 0 Å². The van der Waals surface area contributed by atoms with E-state index in [2.05, 4.69) is 0 Å². The van der Waals surface area contributed by atoms with Crippen LogP contribution in [0.3, 0.4) is 0 Å². The standard InChI is InChI=1S/C12H10ClNO6/c13-12(6-5-10(15)20-12)11(16)19-7-8-1-3-9(4-2-8)14(17)18/h1-4H,5-7H2. The highest BCUT2D eigenvalue weighted by atomic mass is 35.5. The molecule has 106 valence electrons. The lowest BCUT2D eigenvalue weighted by Gasteiger charge is -2.17. The Labute approximate surface area is 118 Å². The second-order valence-corrected chi connectivity index (χ2v) is 4.81. The number of ether oxygens (including phenoxy) is 2. The van der Waals surface area contributed by atoms with Crippen molar-refractivity contribution in [1.29, 1.82) is 0 Å². The van der Waals surface area contributed by atoms with E-state index in [1.165, 1.54) is 24.3 Å². The van der Waals surface area contributed by atoms with Crippen LogP contribution in [0.4, 0.5) is 5.69 Å². The van der Waals surface area contributed by atoms with Gasteiger partial charge in [0.15, 0.2) is 0 Å². The molecular formula is C12H10ClNO6. The number of halogens is 1. The molecule has 0 amide bonds. The first-order valence-electron chi connectivity index (χ1n) is 5.72. The maximum absolute atomic E-state index is 11.7. The maximum Gasteiger partial charge on any atom is 0.367 e. The lowest BCUT2D eigenvalue weighted by Crippen LogP contribution is -2.33. The molecule has 1 unspecified atom stereocenters. The van der Waals surface area contributed by atoms with Gasteiger partial charge in [0, 0.05) is 18.6 Å². The van der Waals surface area contributed by atoms with E-state index < -0.39 is 21.9 Å². The van der Waals surface area contributed by atoms with Crippen LogP contribution in [0, 0.1) is 10.1 Å². The molecule has 0 radical (unpaired) electrons. The fraction of sp³-hybridized carbons (Fsp3) is 0.333. The van der Waals surface area contributed by atoms with Gasteiger partial charge in [-0.1, -0.05) is 11.6 Å². The van der Waals surface area contributed by atoms with E-state index in [1.54, 1.807) is 0 Å². The van der Waals surface area contributed by atoms with Crippen molar-refractivity contribution in [3.8, 4) is 0 Å². The molecule has 1 saturated heterocycles. The van der Waals surface area contributed by atoms with Gasteiger partial charge in [-0.05, 0) is 17.7 Å². The highest BCUT2D eigenvalue weighted by Crippen LogP contribution is 2.32. The summed E-state index contributed by atoms with van der Waals surface area (Å²) in [5.74, 6) is -1.39. The number of benzene rings is 1. The minimum Gasteiger partial charge on any atom is -0.457 e. The predicted octanol–water partition coefficient (Wildman–Crippen LogP) is 1.91. The highest BCUT2D eigenvalue weighted by molar-refractivity contribution is 6.34. The van der Waals surface area contributed by atoms with Crippen LogP contribution in [0.2, 0.25) is 0 Å². The average molecular weight is 300 g/mol. The molecule has 1 aromatic carbocycles. The summed E-state index contributed by atoms with van der Waals surface area (Å²) in [6.45, 7) is -0.108. The molecule has 1 aliphatic heterocycles. The van der Waals surface area contributed by atoms with Gasteiger partial charge >= 0.3 is 11.9 Å². The number of alkyl halides is 1. The molecule has 1 heterocycles. The summed E-state index contributed by atoms with van der Waals surface area (Å²) in [6, 6.07) is 5.53. The van der Waals surface area contributed by atoms with Gasteiger partial charge in [0.2, 0.25) is 0 Å². The summed E-state index contributed by atoms with van der Waals surface area (Å²) in [5.41, 5.74) is 0.507. The SMILES string of the molecule is O=C1CCC(Cl)(C(=O)OCc2ccc([N+](=O)[O-])cc2)O1. The van der Waals surface area contributed by atoms with Crippen molar-refractivity contribution in [3.05, 3.63) is 39.9 Å². The molecule has 1 atom stereocenters. The smallest absolute Gasteiger partial charge is 0.367 e. The third-order valence-corrected chi connectivity index (χ3v) is 3.17. The highest BCUT2D eigenvalue weighted by Gasteiger charge is 2.47. The number of cyclic esters (lactones) is 1. The zero-order valence-electron chi connectivity index (χ0n) is 10.2. The topological polar surface area (TPSA) is 95.7 Å². The number of nitro benzene ring substituents is 1. The molecule has 0 saturated carbocycles. The van der Waals surface area contributed by atoms with E-state index >= 15 is 0 Å². The Bertz CT molecular complexity index is 558. The molecule has 1 aromatic rings. The molecule has 0 aromatic heterocycles. The van der Waals surface area contributed by atoms with E-state index in [-0.39, 0.29) is 25.1 Å². The van der Waals surface area contributed by atoms with Crippen LogP contribution >= 0.6 is 11.6 Å². The molecule has 1 fully saturated rings. The number of rotatable bonds is 4. The summed E-state index contributed by atoms with van der Waals surface area (Å²) in [7, 11) is 0. The van der Waals surface area contributed by atoms with Crippen LogP contribution in [0.15, 0.2) is 24.3 Å². The molecular weight excluding hydrogens is 290 g/mol. The van der Waals surface area contributed by atoms with Gasteiger partial charge in [-0.25, -0.2) is 4.79 Å². The van der Waals surface area contributed by atoms with Crippen molar-refractivity contribution in [3.63, 3.8) is 0 Å². The zero-order chi connectivity index (χ0) is 14.8. The van der Waals surface area contributed by atoms with Crippen molar-refractivity contribution in [2.24, 2.45) is 0 Å². The van der Waals surface area contributed by atoms with Crippen molar-refractivity contribution >= 4 is 29.2 Å². The van der Waals surface area contributed by atoms with E-state index in [1.807, 2.05) is 0 Å². The third-order valence-electron chi connectivity index (χ3n) is 2.75. The molecule has 0 aliphatic carbocycles. The van der Waals surface area contributed by atoms with Gasteiger partial charge in [-0.15, -0.1) is 0 Å². The lowest BCUT2D eigenvalue weighted by molar-refractivity contribution is -0.384. The maximum atomic E-state index is 11.7. The largest absolute Gasteiger partial charge is 0.457 e. The summed E-state index contributed by atoms with van der Waals surface area (Å²) < 4.78 is 9.66. The third kappa shape index (κ3) is 3.05. The van der Waals surface area contributed by atoms with E-state index in [4.69, 9.17) is 21.1 Å². The van der Waals surface area contributed by atoms with E-state index in [9.17, 15) is 19.7 Å². The molecule has 20 heavy (non-hydrogen) atoms. The molecule has 0 bridgehead atoms. The Hall–Kier alpha value is -2.15. The predicted molar refractivity (Wildman–Crippen MR) is 66.8 cm³/mol. The number of nitrogens with zero attached hydrogens (tertiary/aromatic N) is 1. The van der Waals surface area contributed by atoms with E-state index in [0.717, 1.165) is 0 Å². The Morgan fingerprint density at radius 3 is 2.60 bits per heavy atom. The Balaban J connectivity index is 1.93. The average Bonchev–Trinajstić information content (AvgIpc) is 2.77. The molecule has 0 spiro atoms. The quantitative estimate of drug-likeness (QED) is 0.365. The molecule has 8 heteroatoms. The number of nitro groups is 1. The number of carbonyl (C=O) groups is 2. The van der Waals surface area contributed by atoms with Crippen LogP contribution in [0.5, 0.6) is 0 Å². The van der Waals surface area contributed by atoms with Gasteiger partial charge in [-0.3, -0.25) is 14.9 Å². The van der Waals surface area contributed by atoms with Crippen molar-refractivity contribution < 1.29 is 24.0 Å². The Morgan fingerprint density at radius 1 is 1.45 bits per heavy atom. The van der Waals surface area contributed by atoms with Gasteiger partial charge in [0.1, 0.15) is 6.61 Å². The lowest BCUT2D eigenvalue weighted by atomic mass is 10.2. The number of non-ortho nitro benzene ring substituents is 1. The van der Waals surface area contributed by atoms with Crippen LogP contribution in [0.25, 0.3) is 0 Å². The zero-order valence-corrected chi connectivity index (χ0v) is 11.0. The number of hydrogen-bond acceptors (Lipinski definition) is 6. The number of carbonyl (C=O) groups excluding carboxylic acids is 2. The van der Waals surface area contributed by atoms with E-state index in [0.29, 0.717) is 5.56 Å². The molecule has 7 nitrogen and oxygen atoms in total. The van der Waals surface area contributed by atoms with Crippen LogP contribution in [-0.4, -0.2) is 21.9 Å². The second kappa shape index (κ2) is 5.46. The minimum absolute atomic E-state index is 0.0568. The second-order valence-electron chi connectivity index (χ2n) is 4.20. The van der Waals surface area contributed by atoms with Gasteiger partial charge in [-0.2, -0.15) is 0 Å². The number of hydrogen-bond donors (Lipinski definition) is 0. The monoisotopic (exact) mass is 299 g/mol. The Morgan fingerprint density at radius 2 is 2.10 bits per heavy atom. The Kier molecular flexibility index (Phi) is 3.89. The molecule has 2 rings (SSSR count). The van der Waals surface area contributed by atoms with Crippen LogP contribution in [-0.2, 0) is 25.7 Å². The fourth-order valence-electron chi connectivity index (χ4n) is 1.66. The first-order valence-corrected chi connectivity index (χ1v) is 6.10. The van der Waals surface area contributed by atoms with Gasteiger partial charge in [0.05, 0.1) is 11.3 Å².